The molecule has 0 bridgehead atoms. The molecule has 24 heavy (non-hydrogen) atoms. The van der Waals surface area contributed by atoms with Gasteiger partial charge in [0.15, 0.2) is 0 Å². The molecule has 118 valence electrons. The first-order valence-electron chi connectivity index (χ1n) is 7.46. The lowest BCUT2D eigenvalue weighted by molar-refractivity contribution is 0.478. The number of hydrogen-bond acceptors (Lipinski definition) is 4. The van der Waals surface area contributed by atoms with Crippen molar-refractivity contribution in [1.82, 2.24) is 10.2 Å². The maximum absolute atomic E-state index is 11.1. The molecule has 0 amide bonds. The van der Waals surface area contributed by atoms with Gasteiger partial charge >= 0.3 is 0 Å². The monoisotopic (exact) mass is 317 g/mol. The van der Waals surface area contributed by atoms with Crippen molar-refractivity contribution in [3.05, 3.63) is 87.3 Å². The summed E-state index contributed by atoms with van der Waals surface area (Å²) >= 11 is 0. The molecule has 0 radical (unpaired) electrons. The third kappa shape index (κ3) is 3.68. The molecule has 3 aromatic rings. The first-order valence-corrected chi connectivity index (χ1v) is 7.46. The Labute approximate surface area is 139 Å². The standard InChI is InChI=1S/C19H15N3O2/c1-13-5-6-14(9-16-7-8-19(23)22-21-16)11-18(13)24-17-4-2-3-15(10-17)12-20/h2-8,10-11H,9H2,1H3,(H,22,23). The van der Waals surface area contributed by atoms with Crippen LogP contribution in [0.4, 0.5) is 0 Å². The Morgan fingerprint density at radius 2 is 2.04 bits per heavy atom. The van der Waals surface area contributed by atoms with Crippen LogP contribution < -0.4 is 10.3 Å². The summed E-state index contributed by atoms with van der Waals surface area (Å²) in [5.41, 5.74) is 3.13. The predicted octanol–water partition coefficient (Wildman–Crippen LogP) is 3.33. The molecule has 0 saturated heterocycles. The second kappa shape index (κ2) is 6.80. The number of hydrogen-bond donors (Lipinski definition) is 1. The Bertz CT molecular complexity index is 950. The van der Waals surface area contributed by atoms with Gasteiger partial charge in [0.25, 0.3) is 5.56 Å². The molecule has 0 aliphatic heterocycles. The molecular formula is C19H15N3O2. The number of nitriles is 1. The predicted molar refractivity (Wildman–Crippen MR) is 90.1 cm³/mol. The van der Waals surface area contributed by atoms with E-state index in [4.69, 9.17) is 10.00 Å². The van der Waals surface area contributed by atoms with E-state index in [2.05, 4.69) is 16.3 Å². The van der Waals surface area contributed by atoms with Gasteiger partial charge < -0.3 is 4.74 Å². The van der Waals surface area contributed by atoms with Gasteiger partial charge in [-0.15, -0.1) is 0 Å². The van der Waals surface area contributed by atoms with Gasteiger partial charge in [-0.2, -0.15) is 10.4 Å². The average molecular weight is 317 g/mol. The summed E-state index contributed by atoms with van der Waals surface area (Å²) < 4.78 is 5.92. The minimum Gasteiger partial charge on any atom is -0.457 e. The molecular weight excluding hydrogens is 302 g/mol. The number of nitrogens with one attached hydrogen (secondary N) is 1. The van der Waals surface area contributed by atoms with Gasteiger partial charge in [0.05, 0.1) is 17.3 Å². The zero-order valence-electron chi connectivity index (χ0n) is 13.1. The topological polar surface area (TPSA) is 78.8 Å². The molecule has 5 heteroatoms. The van der Waals surface area contributed by atoms with Crippen molar-refractivity contribution in [3.8, 4) is 17.6 Å². The van der Waals surface area contributed by atoms with Crippen LogP contribution in [0.5, 0.6) is 11.5 Å². The van der Waals surface area contributed by atoms with Crippen molar-refractivity contribution in [2.24, 2.45) is 0 Å². The van der Waals surface area contributed by atoms with Crippen LogP contribution in [0.1, 0.15) is 22.4 Å². The Kier molecular flexibility index (Phi) is 4.39. The number of H-pyrrole nitrogens is 1. The molecule has 0 saturated carbocycles. The van der Waals surface area contributed by atoms with Crippen LogP contribution >= 0.6 is 0 Å². The summed E-state index contributed by atoms with van der Waals surface area (Å²) in [6.07, 6.45) is 0.589. The van der Waals surface area contributed by atoms with E-state index < -0.39 is 0 Å². The van der Waals surface area contributed by atoms with E-state index >= 15 is 0 Å². The molecule has 0 aliphatic rings. The fourth-order valence-corrected chi connectivity index (χ4v) is 2.30. The second-order valence-corrected chi connectivity index (χ2v) is 5.43. The van der Waals surface area contributed by atoms with Crippen molar-refractivity contribution < 1.29 is 4.74 Å². The first kappa shape index (κ1) is 15.5. The van der Waals surface area contributed by atoms with Gasteiger partial charge in [-0.25, -0.2) is 5.10 Å². The minimum absolute atomic E-state index is 0.218. The zero-order valence-corrected chi connectivity index (χ0v) is 13.1. The highest BCUT2D eigenvalue weighted by atomic mass is 16.5. The minimum atomic E-state index is -0.218. The lowest BCUT2D eigenvalue weighted by Crippen LogP contribution is -2.07. The maximum atomic E-state index is 11.1. The zero-order chi connectivity index (χ0) is 16.9. The lowest BCUT2D eigenvalue weighted by Gasteiger charge is -2.11. The number of ether oxygens (including phenoxy) is 1. The van der Waals surface area contributed by atoms with Gasteiger partial charge in [-0.05, 0) is 48.4 Å². The highest BCUT2D eigenvalue weighted by molar-refractivity contribution is 5.43. The summed E-state index contributed by atoms with van der Waals surface area (Å²) in [6.45, 7) is 1.96. The van der Waals surface area contributed by atoms with Gasteiger partial charge in [0.1, 0.15) is 11.5 Å². The van der Waals surface area contributed by atoms with Crippen molar-refractivity contribution in [1.29, 1.82) is 5.26 Å². The Morgan fingerprint density at radius 3 is 2.79 bits per heavy atom. The Morgan fingerprint density at radius 1 is 1.17 bits per heavy atom. The van der Waals surface area contributed by atoms with E-state index in [-0.39, 0.29) is 5.56 Å². The van der Waals surface area contributed by atoms with E-state index in [1.807, 2.05) is 31.2 Å². The number of aryl methyl sites for hydroxylation is 1. The fourth-order valence-electron chi connectivity index (χ4n) is 2.30. The first-order chi connectivity index (χ1) is 11.6. The number of nitrogens with zero attached hydrogens (tertiary/aromatic N) is 2. The molecule has 0 unspecified atom stereocenters. The SMILES string of the molecule is Cc1ccc(Cc2ccc(=O)[nH]n2)cc1Oc1cccc(C#N)c1. The maximum Gasteiger partial charge on any atom is 0.264 e. The molecule has 1 heterocycles. The quantitative estimate of drug-likeness (QED) is 0.800. The normalized spacial score (nSPS) is 10.2. The van der Waals surface area contributed by atoms with Crippen LogP contribution in [0.3, 0.4) is 0 Å². The van der Waals surface area contributed by atoms with Crippen LogP contribution in [0, 0.1) is 18.3 Å². The molecule has 0 aliphatic carbocycles. The summed E-state index contributed by atoms with van der Waals surface area (Å²) in [5.74, 6) is 1.35. The number of aromatic amines is 1. The molecule has 0 spiro atoms. The Hall–Kier alpha value is -3.39. The summed E-state index contributed by atoms with van der Waals surface area (Å²) in [6, 6.07) is 18.2. The molecule has 5 nitrogen and oxygen atoms in total. The molecule has 1 N–H and O–H groups in total. The van der Waals surface area contributed by atoms with Gasteiger partial charge in [-0.1, -0.05) is 18.2 Å². The molecule has 3 rings (SSSR count). The summed E-state index contributed by atoms with van der Waals surface area (Å²) in [7, 11) is 0. The number of rotatable bonds is 4. The van der Waals surface area contributed by atoms with E-state index in [9.17, 15) is 4.79 Å². The largest absolute Gasteiger partial charge is 0.457 e. The molecule has 2 aromatic carbocycles. The second-order valence-electron chi connectivity index (χ2n) is 5.43. The van der Waals surface area contributed by atoms with Crippen molar-refractivity contribution in [2.75, 3.05) is 0 Å². The van der Waals surface area contributed by atoms with Gasteiger partial charge in [0.2, 0.25) is 0 Å². The van der Waals surface area contributed by atoms with Crippen LogP contribution in [0.25, 0.3) is 0 Å². The summed E-state index contributed by atoms with van der Waals surface area (Å²) in [4.78, 5) is 11.1. The van der Waals surface area contributed by atoms with E-state index in [0.29, 0.717) is 17.7 Å². The van der Waals surface area contributed by atoms with E-state index in [0.717, 1.165) is 22.6 Å². The molecule has 1 aromatic heterocycles. The third-order valence-electron chi connectivity index (χ3n) is 3.57. The van der Waals surface area contributed by atoms with Gasteiger partial charge in [0, 0.05) is 12.5 Å². The Balaban J connectivity index is 1.84. The third-order valence-corrected chi connectivity index (χ3v) is 3.57. The van der Waals surface area contributed by atoms with E-state index in [1.54, 1.807) is 24.3 Å². The van der Waals surface area contributed by atoms with Gasteiger partial charge in [-0.3, -0.25) is 4.79 Å². The fraction of sp³-hybridized carbons (Fsp3) is 0.105. The van der Waals surface area contributed by atoms with Crippen molar-refractivity contribution in [3.63, 3.8) is 0 Å². The van der Waals surface area contributed by atoms with Crippen LogP contribution in [0.2, 0.25) is 0 Å². The van der Waals surface area contributed by atoms with Crippen LogP contribution in [0.15, 0.2) is 59.4 Å². The van der Waals surface area contributed by atoms with E-state index in [1.165, 1.54) is 6.07 Å². The average Bonchev–Trinajstić information content (AvgIpc) is 2.60. The highest BCUT2D eigenvalue weighted by Crippen LogP contribution is 2.27. The summed E-state index contributed by atoms with van der Waals surface area (Å²) in [5, 5.41) is 15.4. The van der Waals surface area contributed by atoms with Crippen molar-refractivity contribution >= 4 is 0 Å². The van der Waals surface area contributed by atoms with Crippen LogP contribution in [-0.4, -0.2) is 10.2 Å². The smallest absolute Gasteiger partial charge is 0.264 e. The number of aromatic nitrogens is 2. The molecule has 0 fully saturated rings. The lowest BCUT2D eigenvalue weighted by atomic mass is 10.1. The van der Waals surface area contributed by atoms with Crippen LogP contribution in [-0.2, 0) is 6.42 Å². The highest BCUT2D eigenvalue weighted by Gasteiger charge is 2.06. The van der Waals surface area contributed by atoms with Crippen molar-refractivity contribution in [2.45, 2.75) is 13.3 Å². The molecule has 0 atom stereocenters. The number of benzene rings is 2.